The number of nitrogens with zero attached hydrogens (tertiary/aromatic N) is 4. The summed E-state index contributed by atoms with van der Waals surface area (Å²) in [4.78, 5) is 16.4. The van der Waals surface area contributed by atoms with Crippen LogP contribution in [0.25, 0.3) is 0 Å². The Morgan fingerprint density at radius 1 is 1.24 bits per heavy atom. The van der Waals surface area contributed by atoms with Crippen molar-refractivity contribution < 1.29 is 4.79 Å². The molecular formula is C15H15N5O. The largest absolute Gasteiger partial charge is 0.399 e. The lowest BCUT2D eigenvalue weighted by atomic mass is 10.2. The molecule has 0 spiro atoms. The number of amides is 1. The van der Waals surface area contributed by atoms with Gasteiger partial charge in [-0.15, -0.1) is 5.10 Å². The molecule has 2 aromatic rings. The molecule has 0 bridgehead atoms. The van der Waals surface area contributed by atoms with Gasteiger partial charge in [-0.05, 0) is 37.1 Å². The number of aromatic nitrogens is 2. The van der Waals surface area contributed by atoms with Crippen LogP contribution in [0, 0.1) is 0 Å². The SMILES string of the molecule is CN1C(=O)c2ccnnc2N(C2CC2)c2ccc(N)cc21. The summed E-state index contributed by atoms with van der Waals surface area (Å²) in [6.07, 6.45) is 3.75. The Balaban J connectivity index is 2.02. The predicted octanol–water partition coefficient (Wildman–Crippen LogP) is 1.95. The fourth-order valence-electron chi connectivity index (χ4n) is 2.79. The van der Waals surface area contributed by atoms with Gasteiger partial charge in [-0.25, -0.2) is 0 Å². The molecule has 106 valence electrons. The van der Waals surface area contributed by atoms with E-state index in [4.69, 9.17) is 5.73 Å². The molecule has 1 amide bonds. The van der Waals surface area contributed by atoms with Crippen molar-refractivity contribution in [2.75, 3.05) is 22.6 Å². The lowest BCUT2D eigenvalue weighted by molar-refractivity contribution is 0.0994. The minimum atomic E-state index is -0.0881. The molecule has 0 saturated heterocycles. The van der Waals surface area contributed by atoms with E-state index in [0.29, 0.717) is 23.1 Å². The van der Waals surface area contributed by atoms with Crippen LogP contribution in [0.3, 0.4) is 0 Å². The summed E-state index contributed by atoms with van der Waals surface area (Å²) in [5, 5.41) is 8.19. The van der Waals surface area contributed by atoms with E-state index < -0.39 is 0 Å². The molecule has 1 aliphatic heterocycles. The van der Waals surface area contributed by atoms with Crippen LogP contribution in [0.4, 0.5) is 22.9 Å². The zero-order valence-electron chi connectivity index (χ0n) is 11.7. The molecular weight excluding hydrogens is 266 g/mol. The molecule has 21 heavy (non-hydrogen) atoms. The first-order chi connectivity index (χ1) is 10.2. The maximum Gasteiger partial charge on any atom is 0.261 e. The highest BCUT2D eigenvalue weighted by Crippen LogP contribution is 2.45. The highest BCUT2D eigenvalue weighted by molar-refractivity contribution is 6.13. The Bertz CT molecular complexity index is 741. The van der Waals surface area contributed by atoms with Crippen molar-refractivity contribution in [3.05, 3.63) is 36.0 Å². The van der Waals surface area contributed by atoms with Crippen LogP contribution in [0.5, 0.6) is 0 Å². The minimum Gasteiger partial charge on any atom is -0.399 e. The van der Waals surface area contributed by atoms with Crippen molar-refractivity contribution in [3.8, 4) is 0 Å². The van der Waals surface area contributed by atoms with Gasteiger partial charge in [-0.1, -0.05) is 0 Å². The highest BCUT2D eigenvalue weighted by Gasteiger charge is 2.38. The number of nitrogens with two attached hydrogens (primary N) is 1. The summed E-state index contributed by atoms with van der Waals surface area (Å²) in [6.45, 7) is 0. The molecule has 2 aliphatic rings. The summed E-state index contributed by atoms with van der Waals surface area (Å²) >= 11 is 0. The molecule has 1 aliphatic carbocycles. The van der Waals surface area contributed by atoms with Crippen molar-refractivity contribution in [2.45, 2.75) is 18.9 Å². The molecule has 0 atom stereocenters. The molecule has 6 nitrogen and oxygen atoms in total. The van der Waals surface area contributed by atoms with Gasteiger partial charge in [0.25, 0.3) is 5.91 Å². The number of carbonyl (C=O) groups excluding carboxylic acids is 1. The topological polar surface area (TPSA) is 75.4 Å². The summed E-state index contributed by atoms with van der Waals surface area (Å²) < 4.78 is 0. The average molecular weight is 281 g/mol. The average Bonchev–Trinajstić information content (AvgIpc) is 3.32. The van der Waals surface area contributed by atoms with Crippen LogP contribution in [-0.4, -0.2) is 29.2 Å². The molecule has 0 radical (unpaired) electrons. The second-order valence-electron chi connectivity index (χ2n) is 5.48. The van der Waals surface area contributed by atoms with Gasteiger partial charge in [-0.3, -0.25) is 4.79 Å². The van der Waals surface area contributed by atoms with Crippen LogP contribution in [-0.2, 0) is 0 Å². The minimum absolute atomic E-state index is 0.0881. The number of rotatable bonds is 1. The lowest BCUT2D eigenvalue weighted by Gasteiger charge is -2.25. The van der Waals surface area contributed by atoms with E-state index in [-0.39, 0.29) is 5.91 Å². The fraction of sp³-hybridized carbons (Fsp3) is 0.267. The van der Waals surface area contributed by atoms with Crippen molar-refractivity contribution >= 4 is 28.8 Å². The first-order valence-electron chi connectivity index (χ1n) is 6.95. The number of nitrogen functional groups attached to an aromatic ring is 1. The molecule has 1 fully saturated rings. The highest BCUT2D eigenvalue weighted by atomic mass is 16.2. The molecule has 4 rings (SSSR count). The van der Waals surface area contributed by atoms with E-state index in [1.54, 1.807) is 24.2 Å². The van der Waals surface area contributed by atoms with Crippen LogP contribution in [0.15, 0.2) is 30.5 Å². The van der Waals surface area contributed by atoms with Crippen LogP contribution in [0.2, 0.25) is 0 Å². The normalized spacial score (nSPS) is 17.3. The first-order valence-corrected chi connectivity index (χ1v) is 6.95. The monoisotopic (exact) mass is 281 g/mol. The first kappa shape index (κ1) is 12.1. The van der Waals surface area contributed by atoms with E-state index in [2.05, 4.69) is 15.1 Å². The van der Waals surface area contributed by atoms with Gasteiger partial charge in [0.05, 0.1) is 23.1 Å². The van der Waals surface area contributed by atoms with Gasteiger partial charge in [0.2, 0.25) is 0 Å². The van der Waals surface area contributed by atoms with E-state index in [1.165, 1.54) is 0 Å². The standard InChI is InChI=1S/C15H15N5O/c1-19-13-8-9(16)2-5-12(13)20(10-3-4-10)14-11(15(19)21)6-7-17-18-14/h2,5-8,10H,3-4,16H2,1H3. The third-order valence-corrected chi connectivity index (χ3v) is 4.00. The van der Waals surface area contributed by atoms with Crippen molar-refractivity contribution in [2.24, 2.45) is 0 Å². The number of hydrogen-bond acceptors (Lipinski definition) is 5. The van der Waals surface area contributed by atoms with Gasteiger partial charge >= 0.3 is 0 Å². The Labute approximate surface area is 122 Å². The Morgan fingerprint density at radius 2 is 2.05 bits per heavy atom. The molecule has 2 N–H and O–H groups in total. The van der Waals surface area contributed by atoms with Crippen molar-refractivity contribution in [1.82, 2.24) is 10.2 Å². The third-order valence-electron chi connectivity index (χ3n) is 4.00. The van der Waals surface area contributed by atoms with Gasteiger partial charge in [-0.2, -0.15) is 5.10 Å². The second kappa shape index (κ2) is 4.18. The zero-order chi connectivity index (χ0) is 14.6. The van der Waals surface area contributed by atoms with Gasteiger partial charge < -0.3 is 15.5 Å². The van der Waals surface area contributed by atoms with Gasteiger partial charge in [0, 0.05) is 18.8 Å². The number of benzene rings is 1. The van der Waals surface area contributed by atoms with E-state index >= 15 is 0 Å². The smallest absolute Gasteiger partial charge is 0.261 e. The lowest BCUT2D eigenvalue weighted by Crippen LogP contribution is -2.25. The molecule has 1 aromatic heterocycles. The number of hydrogen-bond donors (Lipinski definition) is 1. The van der Waals surface area contributed by atoms with E-state index in [9.17, 15) is 4.79 Å². The predicted molar refractivity (Wildman–Crippen MR) is 80.8 cm³/mol. The summed E-state index contributed by atoms with van der Waals surface area (Å²) in [5.41, 5.74) is 8.89. The quantitative estimate of drug-likeness (QED) is 0.809. The number of anilines is 4. The summed E-state index contributed by atoms with van der Waals surface area (Å²) in [5.74, 6) is 0.551. The fourth-order valence-corrected chi connectivity index (χ4v) is 2.79. The number of carbonyl (C=O) groups is 1. The van der Waals surface area contributed by atoms with Gasteiger partial charge in [0.1, 0.15) is 0 Å². The molecule has 1 saturated carbocycles. The van der Waals surface area contributed by atoms with E-state index in [1.807, 2.05) is 18.2 Å². The van der Waals surface area contributed by atoms with E-state index in [0.717, 1.165) is 24.2 Å². The maximum atomic E-state index is 12.7. The number of fused-ring (bicyclic) bond motifs is 2. The van der Waals surface area contributed by atoms with Crippen molar-refractivity contribution in [3.63, 3.8) is 0 Å². The van der Waals surface area contributed by atoms with Crippen molar-refractivity contribution in [1.29, 1.82) is 0 Å². The van der Waals surface area contributed by atoms with Gasteiger partial charge in [0.15, 0.2) is 5.82 Å². The Hall–Kier alpha value is -2.63. The third kappa shape index (κ3) is 1.75. The van der Waals surface area contributed by atoms with Crippen LogP contribution >= 0.6 is 0 Å². The Morgan fingerprint density at radius 3 is 2.81 bits per heavy atom. The van der Waals surface area contributed by atoms with Crippen LogP contribution < -0.4 is 15.5 Å². The molecule has 2 heterocycles. The summed E-state index contributed by atoms with van der Waals surface area (Å²) in [6, 6.07) is 7.75. The summed E-state index contributed by atoms with van der Waals surface area (Å²) in [7, 11) is 1.77. The zero-order valence-corrected chi connectivity index (χ0v) is 11.7. The molecule has 6 heteroatoms. The Kier molecular flexibility index (Phi) is 2.42. The second-order valence-corrected chi connectivity index (χ2v) is 5.48. The maximum absolute atomic E-state index is 12.7. The molecule has 0 unspecified atom stereocenters. The molecule has 1 aromatic carbocycles. The van der Waals surface area contributed by atoms with Crippen LogP contribution in [0.1, 0.15) is 23.2 Å².